The number of aryl methyl sites for hydroxylation is 1. The number of hydrogen-bond donors (Lipinski definition) is 2. The van der Waals surface area contributed by atoms with Gasteiger partial charge in [0.25, 0.3) is 0 Å². The standard InChI is InChI=1S/C17H31BO3Si/c1-12(2)22(13(3)4,14(5)6)21-11-16-8-9-17(18(19)20)10-15(16)7/h8-10,12-14,19-20H,11H2,1-7H3. The second-order valence-corrected chi connectivity index (χ2v) is 12.6. The fraction of sp³-hybridized carbons (Fsp3) is 0.647. The molecular weight excluding hydrogens is 291 g/mol. The highest BCUT2D eigenvalue weighted by Crippen LogP contribution is 2.42. The maximum Gasteiger partial charge on any atom is 0.488 e. The molecule has 0 bridgehead atoms. The minimum absolute atomic E-state index is 0.529. The van der Waals surface area contributed by atoms with Gasteiger partial charge in [-0.1, -0.05) is 59.7 Å². The highest BCUT2D eigenvalue weighted by molar-refractivity contribution is 6.77. The van der Waals surface area contributed by atoms with Crippen molar-refractivity contribution in [1.82, 2.24) is 0 Å². The predicted molar refractivity (Wildman–Crippen MR) is 96.8 cm³/mol. The lowest BCUT2D eigenvalue weighted by atomic mass is 9.79. The van der Waals surface area contributed by atoms with E-state index < -0.39 is 15.4 Å². The predicted octanol–water partition coefficient (Wildman–Crippen LogP) is 3.37. The summed E-state index contributed by atoms with van der Waals surface area (Å²) in [6.07, 6.45) is 0. The van der Waals surface area contributed by atoms with Gasteiger partial charge in [0.05, 0.1) is 6.61 Å². The van der Waals surface area contributed by atoms with Crippen molar-refractivity contribution in [2.24, 2.45) is 0 Å². The summed E-state index contributed by atoms with van der Waals surface area (Å²) in [5.41, 5.74) is 4.39. The fourth-order valence-electron chi connectivity index (χ4n) is 3.74. The van der Waals surface area contributed by atoms with Crippen LogP contribution in [-0.2, 0) is 11.0 Å². The summed E-state index contributed by atoms with van der Waals surface area (Å²) in [7, 11) is -3.28. The second kappa shape index (κ2) is 7.77. The molecule has 0 atom stereocenters. The fourth-order valence-corrected chi connectivity index (χ4v) is 9.15. The van der Waals surface area contributed by atoms with Gasteiger partial charge in [0, 0.05) is 0 Å². The SMILES string of the molecule is Cc1cc(B(O)O)ccc1CO[Si](C(C)C)(C(C)C)C(C)C. The summed E-state index contributed by atoms with van der Waals surface area (Å²) in [4.78, 5) is 0. The lowest BCUT2D eigenvalue weighted by Gasteiger charge is -2.42. The molecular formula is C17H31BO3Si. The van der Waals surface area contributed by atoms with Crippen LogP contribution >= 0.6 is 0 Å². The molecule has 0 aliphatic rings. The van der Waals surface area contributed by atoms with E-state index in [1.54, 1.807) is 6.07 Å². The van der Waals surface area contributed by atoms with Crippen LogP contribution in [0.5, 0.6) is 0 Å². The maximum absolute atomic E-state index is 9.25. The van der Waals surface area contributed by atoms with Gasteiger partial charge in [-0.15, -0.1) is 0 Å². The Morgan fingerprint density at radius 1 is 1.00 bits per heavy atom. The van der Waals surface area contributed by atoms with Crippen molar-refractivity contribution in [1.29, 1.82) is 0 Å². The zero-order valence-electron chi connectivity index (χ0n) is 15.1. The number of hydrogen-bond acceptors (Lipinski definition) is 3. The molecule has 0 unspecified atom stereocenters. The van der Waals surface area contributed by atoms with Crippen molar-refractivity contribution in [3.63, 3.8) is 0 Å². The first-order valence-electron chi connectivity index (χ1n) is 8.22. The van der Waals surface area contributed by atoms with E-state index in [4.69, 9.17) is 4.43 Å². The molecule has 0 aromatic heterocycles. The number of rotatable bonds is 7. The summed E-state index contributed by atoms with van der Waals surface area (Å²) in [6.45, 7) is 16.3. The molecule has 0 aliphatic carbocycles. The molecule has 0 heterocycles. The highest BCUT2D eigenvalue weighted by Gasteiger charge is 2.44. The van der Waals surface area contributed by atoms with Gasteiger partial charge in [-0.05, 0) is 40.1 Å². The van der Waals surface area contributed by atoms with Crippen LogP contribution in [0.4, 0.5) is 0 Å². The van der Waals surface area contributed by atoms with E-state index in [-0.39, 0.29) is 0 Å². The van der Waals surface area contributed by atoms with Crippen LogP contribution in [-0.4, -0.2) is 25.5 Å². The third-order valence-corrected chi connectivity index (χ3v) is 10.9. The van der Waals surface area contributed by atoms with E-state index in [2.05, 4.69) is 41.5 Å². The Bertz CT molecular complexity index is 465. The molecule has 1 aromatic rings. The van der Waals surface area contributed by atoms with Gasteiger partial charge >= 0.3 is 7.12 Å². The molecule has 0 amide bonds. The molecule has 0 fully saturated rings. The second-order valence-electron chi connectivity index (χ2n) is 7.17. The van der Waals surface area contributed by atoms with Gasteiger partial charge in [-0.3, -0.25) is 0 Å². The normalized spacial score (nSPS) is 12.5. The van der Waals surface area contributed by atoms with Crippen molar-refractivity contribution < 1.29 is 14.5 Å². The van der Waals surface area contributed by atoms with E-state index in [1.165, 1.54) is 0 Å². The maximum atomic E-state index is 9.25. The Balaban J connectivity index is 2.99. The molecule has 2 N–H and O–H groups in total. The first-order chi connectivity index (χ1) is 10.1. The molecule has 0 radical (unpaired) electrons. The smallest absolute Gasteiger partial charge is 0.423 e. The van der Waals surface area contributed by atoms with E-state index >= 15 is 0 Å². The molecule has 0 saturated heterocycles. The van der Waals surface area contributed by atoms with Gasteiger partial charge < -0.3 is 14.5 Å². The Kier molecular flexibility index (Phi) is 6.87. The van der Waals surface area contributed by atoms with Crippen molar-refractivity contribution in [2.45, 2.75) is 71.7 Å². The largest absolute Gasteiger partial charge is 0.488 e. The molecule has 0 saturated carbocycles. The van der Waals surface area contributed by atoms with Gasteiger partial charge in [0.2, 0.25) is 8.32 Å². The highest BCUT2D eigenvalue weighted by atomic mass is 28.4. The van der Waals surface area contributed by atoms with Crippen molar-refractivity contribution in [2.75, 3.05) is 0 Å². The summed E-state index contributed by atoms with van der Waals surface area (Å²) >= 11 is 0. The molecule has 0 spiro atoms. The molecule has 5 heteroatoms. The molecule has 1 aromatic carbocycles. The zero-order chi connectivity index (χ0) is 17.1. The zero-order valence-corrected chi connectivity index (χ0v) is 16.1. The minimum atomic E-state index is -1.87. The van der Waals surface area contributed by atoms with E-state index in [0.717, 1.165) is 11.1 Å². The van der Waals surface area contributed by atoms with Gasteiger partial charge in [-0.2, -0.15) is 0 Å². The number of benzene rings is 1. The third-order valence-electron chi connectivity index (χ3n) is 4.85. The van der Waals surface area contributed by atoms with Crippen molar-refractivity contribution in [3.8, 4) is 0 Å². The lowest BCUT2D eigenvalue weighted by molar-refractivity contribution is 0.265. The average molecular weight is 322 g/mol. The summed E-state index contributed by atoms with van der Waals surface area (Å²) in [5.74, 6) is 0. The van der Waals surface area contributed by atoms with Crippen LogP contribution in [0.2, 0.25) is 16.6 Å². The Morgan fingerprint density at radius 3 is 1.86 bits per heavy atom. The molecule has 0 aliphatic heterocycles. The van der Waals surface area contributed by atoms with E-state index in [0.29, 0.717) is 28.7 Å². The van der Waals surface area contributed by atoms with Crippen LogP contribution in [0.25, 0.3) is 0 Å². The summed E-state index contributed by atoms with van der Waals surface area (Å²) in [6, 6.07) is 5.54. The molecule has 22 heavy (non-hydrogen) atoms. The van der Waals surface area contributed by atoms with Crippen molar-refractivity contribution >= 4 is 20.9 Å². The Hall–Kier alpha value is -0.618. The van der Waals surface area contributed by atoms with Gasteiger partial charge in [-0.25, -0.2) is 0 Å². The first kappa shape index (κ1) is 19.4. The van der Waals surface area contributed by atoms with Crippen LogP contribution in [0, 0.1) is 6.92 Å². The monoisotopic (exact) mass is 322 g/mol. The summed E-state index contributed by atoms with van der Waals surface area (Å²) in [5, 5.41) is 18.5. The third kappa shape index (κ3) is 4.02. The van der Waals surface area contributed by atoms with Crippen LogP contribution in [0.3, 0.4) is 0 Å². The van der Waals surface area contributed by atoms with Crippen molar-refractivity contribution in [3.05, 3.63) is 29.3 Å². The van der Waals surface area contributed by atoms with Crippen LogP contribution in [0.15, 0.2) is 18.2 Å². The minimum Gasteiger partial charge on any atom is -0.423 e. The lowest BCUT2D eigenvalue weighted by Crippen LogP contribution is -2.47. The van der Waals surface area contributed by atoms with E-state index in [9.17, 15) is 10.0 Å². The van der Waals surface area contributed by atoms with Gasteiger partial charge in [0.15, 0.2) is 0 Å². The Morgan fingerprint density at radius 2 is 1.50 bits per heavy atom. The van der Waals surface area contributed by atoms with Crippen LogP contribution in [0.1, 0.15) is 52.7 Å². The molecule has 1 rings (SSSR count). The Labute approximate surface area is 137 Å². The summed E-state index contributed by atoms with van der Waals surface area (Å²) < 4.78 is 6.60. The molecule has 3 nitrogen and oxygen atoms in total. The first-order valence-corrected chi connectivity index (χ1v) is 10.4. The topological polar surface area (TPSA) is 49.7 Å². The average Bonchev–Trinajstić information content (AvgIpc) is 2.39. The van der Waals surface area contributed by atoms with Gasteiger partial charge in [0.1, 0.15) is 0 Å². The molecule has 124 valence electrons. The van der Waals surface area contributed by atoms with E-state index in [1.807, 2.05) is 19.1 Å². The van der Waals surface area contributed by atoms with Crippen LogP contribution < -0.4 is 5.46 Å². The quantitative estimate of drug-likeness (QED) is 0.757.